The highest BCUT2D eigenvalue weighted by Crippen LogP contribution is 2.06. The van der Waals surface area contributed by atoms with Crippen LogP contribution in [0.5, 0.6) is 0 Å². The van der Waals surface area contributed by atoms with Gasteiger partial charge < -0.3 is 11.1 Å². The van der Waals surface area contributed by atoms with Crippen LogP contribution in [-0.2, 0) is 11.3 Å². The molecule has 1 amide bonds. The Morgan fingerprint density at radius 3 is 3.08 bits per heavy atom. The Bertz CT molecular complexity index is 285. The number of aryl methyl sites for hydroxylation is 1. The van der Waals surface area contributed by atoms with Gasteiger partial charge in [-0.15, -0.1) is 11.3 Å². The molecule has 13 heavy (non-hydrogen) atoms. The number of hydrogen-bond acceptors (Lipinski definition) is 4. The fourth-order valence-electron chi connectivity index (χ4n) is 0.917. The maximum Gasteiger partial charge on any atom is 0.218 e. The molecule has 0 spiro atoms. The number of nitrogens with two attached hydrogens (primary N) is 1. The van der Waals surface area contributed by atoms with E-state index in [0.717, 1.165) is 10.7 Å². The third kappa shape index (κ3) is 4.00. The van der Waals surface area contributed by atoms with E-state index in [9.17, 15) is 4.79 Å². The minimum Gasteiger partial charge on any atom is -0.370 e. The van der Waals surface area contributed by atoms with E-state index in [-0.39, 0.29) is 5.91 Å². The Kier molecular flexibility index (Phi) is 3.85. The van der Waals surface area contributed by atoms with Crippen LogP contribution in [0.15, 0.2) is 5.38 Å². The average molecular weight is 199 g/mol. The lowest BCUT2D eigenvalue weighted by atomic mass is 10.4. The predicted octanol–water partition coefficient (Wildman–Crippen LogP) is 0.417. The zero-order chi connectivity index (χ0) is 9.68. The van der Waals surface area contributed by atoms with Crippen molar-refractivity contribution >= 4 is 17.2 Å². The summed E-state index contributed by atoms with van der Waals surface area (Å²) in [5.41, 5.74) is 6.00. The Labute approximate surface area is 81.2 Å². The second kappa shape index (κ2) is 4.94. The van der Waals surface area contributed by atoms with Crippen LogP contribution in [0, 0.1) is 6.92 Å². The van der Waals surface area contributed by atoms with Crippen LogP contribution in [-0.4, -0.2) is 17.4 Å². The Balaban J connectivity index is 2.16. The first kappa shape index (κ1) is 10.1. The van der Waals surface area contributed by atoms with Gasteiger partial charge in [0, 0.05) is 24.9 Å². The number of carbonyl (C=O) groups is 1. The first-order valence-electron chi connectivity index (χ1n) is 4.08. The molecule has 1 aromatic heterocycles. The summed E-state index contributed by atoms with van der Waals surface area (Å²) < 4.78 is 0. The molecule has 0 saturated carbocycles. The first-order valence-corrected chi connectivity index (χ1v) is 4.96. The lowest BCUT2D eigenvalue weighted by Gasteiger charge is -1.99. The number of amides is 1. The molecule has 0 fully saturated rings. The van der Waals surface area contributed by atoms with Gasteiger partial charge in [0.05, 0.1) is 10.7 Å². The highest BCUT2D eigenvalue weighted by molar-refractivity contribution is 7.09. The van der Waals surface area contributed by atoms with E-state index in [2.05, 4.69) is 10.3 Å². The molecule has 0 saturated heterocycles. The fourth-order valence-corrected chi connectivity index (χ4v) is 1.53. The lowest BCUT2D eigenvalue weighted by Crippen LogP contribution is -2.21. The number of aromatic nitrogens is 1. The van der Waals surface area contributed by atoms with Crippen molar-refractivity contribution in [3.8, 4) is 0 Å². The molecule has 0 unspecified atom stereocenters. The largest absolute Gasteiger partial charge is 0.370 e. The van der Waals surface area contributed by atoms with Gasteiger partial charge in [-0.2, -0.15) is 0 Å². The summed E-state index contributed by atoms with van der Waals surface area (Å²) in [7, 11) is 0. The van der Waals surface area contributed by atoms with E-state index < -0.39 is 0 Å². The SMILES string of the molecule is Cc1nc(CNCCC(N)=O)cs1. The van der Waals surface area contributed by atoms with E-state index >= 15 is 0 Å². The van der Waals surface area contributed by atoms with E-state index in [0.29, 0.717) is 19.5 Å². The summed E-state index contributed by atoms with van der Waals surface area (Å²) in [6.45, 7) is 3.29. The van der Waals surface area contributed by atoms with Crippen LogP contribution < -0.4 is 11.1 Å². The number of thiazole rings is 1. The number of primary amides is 1. The van der Waals surface area contributed by atoms with Gasteiger partial charge >= 0.3 is 0 Å². The first-order chi connectivity index (χ1) is 6.18. The highest BCUT2D eigenvalue weighted by atomic mass is 32.1. The second-order valence-electron chi connectivity index (χ2n) is 2.75. The van der Waals surface area contributed by atoms with Gasteiger partial charge in [0.1, 0.15) is 0 Å². The molecule has 0 aliphatic rings. The number of rotatable bonds is 5. The fraction of sp³-hybridized carbons (Fsp3) is 0.500. The number of nitrogens with zero attached hydrogens (tertiary/aromatic N) is 1. The number of nitrogens with one attached hydrogen (secondary N) is 1. The monoisotopic (exact) mass is 199 g/mol. The van der Waals surface area contributed by atoms with Gasteiger partial charge in [-0.05, 0) is 6.92 Å². The third-order valence-corrected chi connectivity index (χ3v) is 2.34. The van der Waals surface area contributed by atoms with Crippen LogP contribution in [0.3, 0.4) is 0 Å². The topological polar surface area (TPSA) is 68.0 Å². The standard InChI is InChI=1S/C8H13N3OS/c1-6-11-7(5-13-6)4-10-3-2-8(9)12/h5,10H,2-4H2,1H3,(H2,9,12). The van der Waals surface area contributed by atoms with Crippen molar-refractivity contribution < 1.29 is 4.79 Å². The minimum atomic E-state index is -0.276. The zero-order valence-electron chi connectivity index (χ0n) is 7.54. The molecule has 4 nitrogen and oxygen atoms in total. The van der Waals surface area contributed by atoms with E-state index in [1.54, 1.807) is 11.3 Å². The zero-order valence-corrected chi connectivity index (χ0v) is 8.36. The normalized spacial score (nSPS) is 10.2. The summed E-state index contributed by atoms with van der Waals surface area (Å²) in [4.78, 5) is 14.7. The van der Waals surface area contributed by atoms with Gasteiger partial charge in [0.15, 0.2) is 0 Å². The Morgan fingerprint density at radius 1 is 1.77 bits per heavy atom. The van der Waals surface area contributed by atoms with E-state index in [4.69, 9.17) is 5.73 Å². The van der Waals surface area contributed by atoms with Crippen molar-refractivity contribution in [3.63, 3.8) is 0 Å². The van der Waals surface area contributed by atoms with Gasteiger partial charge in [-0.1, -0.05) is 0 Å². The molecule has 0 radical (unpaired) electrons. The number of hydrogen-bond donors (Lipinski definition) is 2. The quantitative estimate of drug-likeness (QED) is 0.675. The van der Waals surface area contributed by atoms with Crippen LogP contribution in [0.2, 0.25) is 0 Å². The van der Waals surface area contributed by atoms with Crippen molar-refractivity contribution in [2.75, 3.05) is 6.54 Å². The van der Waals surface area contributed by atoms with Crippen LogP contribution in [0.25, 0.3) is 0 Å². The summed E-state index contributed by atoms with van der Waals surface area (Å²) in [5, 5.41) is 6.16. The van der Waals surface area contributed by atoms with Crippen molar-refractivity contribution in [2.45, 2.75) is 19.9 Å². The summed E-state index contributed by atoms with van der Waals surface area (Å²) >= 11 is 1.63. The Morgan fingerprint density at radius 2 is 2.54 bits per heavy atom. The lowest BCUT2D eigenvalue weighted by molar-refractivity contribution is -0.117. The van der Waals surface area contributed by atoms with Gasteiger partial charge in [-0.25, -0.2) is 4.98 Å². The Hall–Kier alpha value is -0.940. The smallest absolute Gasteiger partial charge is 0.218 e. The van der Waals surface area contributed by atoms with Crippen molar-refractivity contribution in [1.82, 2.24) is 10.3 Å². The molecule has 1 rings (SSSR count). The molecule has 1 aromatic rings. The molecular formula is C8H13N3OS. The number of carbonyl (C=O) groups excluding carboxylic acids is 1. The highest BCUT2D eigenvalue weighted by Gasteiger charge is 1.97. The molecule has 0 aromatic carbocycles. The molecule has 0 bridgehead atoms. The summed E-state index contributed by atoms with van der Waals surface area (Å²) in [6, 6.07) is 0. The summed E-state index contributed by atoms with van der Waals surface area (Å²) in [5.74, 6) is -0.276. The third-order valence-electron chi connectivity index (χ3n) is 1.52. The minimum absolute atomic E-state index is 0.276. The predicted molar refractivity (Wildman–Crippen MR) is 52.4 cm³/mol. The molecule has 1 heterocycles. The van der Waals surface area contributed by atoms with Gasteiger partial charge in [-0.3, -0.25) is 4.79 Å². The average Bonchev–Trinajstić information content (AvgIpc) is 2.45. The second-order valence-corrected chi connectivity index (χ2v) is 3.81. The molecule has 0 atom stereocenters. The van der Waals surface area contributed by atoms with Crippen LogP contribution in [0.4, 0.5) is 0 Å². The maximum atomic E-state index is 10.4. The molecule has 5 heteroatoms. The van der Waals surface area contributed by atoms with Crippen LogP contribution >= 0.6 is 11.3 Å². The summed E-state index contributed by atoms with van der Waals surface area (Å²) in [6.07, 6.45) is 0.378. The van der Waals surface area contributed by atoms with Crippen LogP contribution in [0.1, 0.15) is 17.1 Å². The van der Waals surface area contributed by atoms with E-state index in [1.165, 1.54) is 0 Å². The van der Waals surface area contributed by atoms with Crippen molar-refractivity contribution in [2.24, 2.45) is 5.73 Å². The van der Waals surface area contributed by atoms with Crippen molar-refractivity contribution in [1.29, 1.82) is 0 Å². The van der Waals surface area contributed by atoms with Gasteiger partial charge in [0.25, 0.3) is 0 Å². The molecular weight excluding hydrogens is 186 g/mol. The van der Waals surface area contributed by atoms with Crippen molar-refractivity contribution in [3.05, 3.63) is 16.1 Å². The molecule has 72 valence electrons. The van der Waals surface area contributed by atoms with Gasteiger partial charge in [0.2, 0.25) is 5.91 Å². The molecule has 0 aliphatic carbocycles. The maximum absolute atomic E-state index is 10.4. The molecule has 3 N–H and O–H groups in total. The van der Waals surface area contributed by atoms with E-state index in [1.807, 2.05) is 12.3 Å². The molecule has 0 aliphatic heterocycles.